The van der Waals surface area contributed by atoms with E-state index in [1.54, 1.807) is 30.3 Å². The third-order valence-corrected chi connectivity index (χ3v) is 9.93. The summed E-state index contributed by atoms with van der Waals surface area (Å²) in [6.07, 6.45) is 0.975. The van der Waals surface area contributed by atoms with Crippen LogP contribution in [-0.4, -0.2) is 87.2 Å². The standard InChI is InChI=1S/C38H44N4O6/c1-7-29(40(9-3)10-4)42(30(8-2)41(11-5)12-6)36(44)26-18-14-22-24-16-20-28(38(47)48)34-27(37(45)46)19-15-23(32(24)34)21-13-17-25(35(39)43)33(26)31(21)22/h13-20,29-30H,7-12H2,1-6H3,(H2,39,43)(H,45,46)(H,47,48). The number of rotatable bonds is 14. The second-order valence-electron chi connectivity index (χ2n) is 12.0. The van der Waals surface area contributed by atoms with E-state index in [2.05, 4.69) is 51.3 Å². The van der Waals surface area contributed by atoms with Crippen LogP contribution in [0.25, 0.3) is 43.1 Å². The Hall–Kier alpha value is -4.80. The third-order valence-electron chi connectivity index (χ3n) is 9.93. The summed E-state index contributed by atoms with van der Waals surface area (Å²) in [5.41, 5.74) is 6.33. The van der Waals surface area contributed by atoms with Gasteiger partial charge in [-0.25, -0.2) is 9.59 Å². The van der Waals surface area contributed by atoms with Crippen LogP contribution < -0.4 is 5.73 Å². The van der Waals surface area contributed by atoms with E-state index >= 15 is 4.79 Å². The van der Waals surface area contributed by atoms with E-state index in [1.165, 1.54) is 12.1 Å². The van der Waals surface area contributed by atoms with Crippen LogP contribution in [0.1, 0.15) is 95.8 Å². The molecule has 0 bridgehead atoms. The van der Waals surface area contributed by atoms with Crippen molar-refractivity contribution < 1.29 is 29.4 Å². The molecule has 2 atom stereocenters. The Labute approximate surface area is 280 Å². The zero-order valence-corrected chi connectivity index (χ0v) is 28.5. The molecule has 0 aromatic heterocycles. The van der Waals surface area contributed by atoms with Gasteiger partial charge in [0.15, 0.2) is 0 Å². The fraction of sp³-hybridized carbons (Fsp3) is 0.368. The molecule has 0 spiro atoms. The van der Waals surface area contributed by atoms with Crippen LogP contribution in [0.2, 0.25) is 0 Å². The normalized spacial score (nSPS) is 13.2. The summed E-state index contributed by atoms with van der Waals surface area (Å²) in [6, 6.07) is 13.1. The van der Waals surface area contributed by atoms with Gasteiger partial charge in [-0.15, -0.1) is 0 Å². The Morgan fingerprint density at radius 2 is 0.875 bits per heavy atom. The number of hydrogen-bond donors (Lipinski definition) is 3. The van der Waals surface area contributed by atoms with Crippen LogP contribution in [0, 0.1) is 0 Å². The van der Waals surface area contributed by atoms with E-state index in [4.69, 9.17) is 5.73 Å². The van der Waals surface area contributed by atoms with Crippen LogP contribution in [-0.2, 0) is 0 Å². The summed E-state index contributed by atoms with van der Waals surface area (Å²) in [5, 5.41) is 24.3. The van der Waals surface area contributed by atoms with Gasteiger partial charge < -0.3 is 20.8 Å². The van der Waals surface area contributed by atoms with E-state index in [0.29, 0.717) is 56.1 Å². The molecule has 0 radical (unpaired) electrons. The van der Waals surface area contributed by atoms with Crippen LogP contribution in [0.15, 0.2) is 48.5 Å². The highest BCUT2D eigenvalue weighted by atomic mass is 16.4. The van der Waals surface area contributed by atoms with Gasteiger partial charge in [0.25, 0.3) is 5.91 Å². The van der Waals surface area contributed by atoms with Crippen molar-refractivity contribution in [3.63, 3.8) is 0 Å². The first-order valence-corrected chi connectivity index (χ1v) is 16.8. The fourth-order valence-electron chi connectivity index (χ4n) is 7.79. The van der Waals surface area contributed by atoms with Gasteiger partial charge in [-0.3, -0.25) is 19.4 Å². The van der Waals surface area contributed by atoms with Crippen molar-refractivity contribution in [2.75, 3.05) is 26.2 Å². The highest BCUT2D eigenvalue weighted by Gasteiger charge is 2.36. The molecule has 10 heteroatoms. The SMILES string of the molecule is CCC(N(CC)CC)N(C(=O)c1ccc2c3ccc(C(=O)O)c4c(C(=O)O)ccc(c5ccc(C(N)=O)c1c52)c43)C(CC)N(CC)CC. The smallest absolute Gasteiger partial charge is 0.336 e. The number of primary amides is 1. The molecule has 4 N–H and O–H groups in total. The van der Waals surface area contributed by atoms with E-state index in [-0.39, 0.29) is 40.3 Å². The molecular weight excluding hydrogens is 608 g/mol. The van der Waals surface area contributed by atoms with Crippen molar-refractivity contribution >= 4 is 66.8 Å². The second kappa shape index (κ2) is 13.7. The molecule has 252 valence electrons. The molecule has 0 saturated carbocycles. The summed E-state index contributed by atoms with van der Waals surface area (Å²) in [4.78, 5) is 59.4. The van der Waals surface area contributed by atoms with E-state index in [0.717, 1.165) is 26.2 Å². The summed E-state index contributed by atoms with van der Waals surface area (Å²) >= 11 is 0. The highest BCUT2D eigenvalue weighted by molar-refractivity contribution is 6.38. The molecule has 0 fully saturated rings. The molecule has 2 unspecified atom stereocenters. The van der Waals surface area contributed by atoms with Crippen molar-refractivity contribution in [3.8, 4) is 0 Å². The van der Waals surface area contributed by atoms with Gasteiger partial charge in [-0.1, -0.05) is 65.8 Å². The first-order valence-electron chi connectivity index (χ1n) is 16.8. The highest BCUT2D eigenvalue weighted by Crippen LogP contribution is 2.44. The molecule has 2 amide bonds. The minimum Gasteiger partial charge on any atom is -0.478 e. The number of aromatic carboxylic acids is 2. The second-order valence-corrected chi connectivity index (χ2v) is 12.0. The number of carboxylic acid groups (broad SMARTS) is 2. The van der Waals surface area contributed by atoms with Gasteiger partial charge in [-0.05, 0) is 95.6 Å². The maximum absolute atomic E-state index is 15.2. The Balaban J connectivity index is 1.94. The lowest BCUT2D eigenvalue weighted by Gasteiger charge is -2.46. The average Bonchev–Trinajstić information content (AvgIpc) is 3.08. The number of carbonyl (C=O) groups excluding carboxylic acids is 2. The molecule has 5 aromatic rings. The average molecular weight is 653 g/mol. The molecule has 10 nitrogen and oxygen atoms in total. The number of fused-ring (bicyclic) bond motifs is 2. The van der Waals surface area contributed by atoms with Crippen molar-refractivity contribution in [2.24, 2.45) is 5.73 Å². The monoisotopic (exact) mass is 652 g/mol. The number of benzene rings is 5. The molecular formula is C38H44N4O6. The minimum absolute atomic E-state index is 0.118. The van der Waals surface area contributed by atoms with Crippen LogP contribution in [0.5, 0.6) is 0 Å². The lowest BCUT2D eigenvalue weighted by molar-refractivity contribution is -0.0302. The summed E-state index contributed by atoms with van der Waals surface area (Å²) in [7, 11) is 0. The molecule has 5 rings (SSSR count). The number of carboxylic acids is 2. The summed E-state index contributed by atoms with van der Waals surface area (Å²) < 4.78 is 0. The quantitative estimate of drug-likeness (QED) is 0.0673. The molecule has 0 aliphatic heterocycles. The Morgan fingerprint density at radius 1 is 0.542 bits per heavy atom. The molecule has 0 aliphatic rings. The fourth-order valence-corrected chi connectivity index (χ4v) is 7.79. The maximum Gasteiger partial charge on any atom is 0.336 e. The number of carbonyl (C=O) groups is 4. The number of nitrogens with two attached hydrogens (primary N) is 1. The number of nitrogens with zero attached hydrogens (tertiary/aromatic N) is 3. The topological polar surface area (TPSA) is 144 Å². The number of hydrogen-bond acceptors (Lipinski definition) is 6. The van der Waals surface area contributed by atoms with Crippen molar-refractivity contribution in [1.29, 1.82) is 0 Å². The molecule has 0 heterocycles. The van der Waals surface area contributed by atoms with Gasteiger partial charge in [0.2, 0.25) is 5.91 Å². The van der Waals surface area contributed by atoms with Crippen LogP contribution in [0.4, 0.5) is 0 Å². The van der Waals surface area contributed by atoms with Crippen molar-refractivity contribution in [3.05, 3.63) is 70.8 Å². The minimum atomic E-state index is -1.24. The lowest BCUT2D eigenvalue weighted by Crippen LogP contribution is -2.59. The lowest BCUT2D eigenvalue weighted by atomic mass is 9.84. The van der Waals surface area contributed by atoms with Gasteiger partial charge in [0.05, 0.1) is 23.5 Å². The molecule has 0 saturated heterocycles. The van der Waals surface area contributed by atoms with Crippen molar-refractivity contribution in [2.45, 2.75) is 66.7 Å². The van der Waals surface area contributed by atoms with Gasteiger partial charge >= 0.3 is 11.9 Å². The summed E-state index contributed by atoms with van der Waals surface area (Å²) in [5.74, 6) is -3.36. The predicted molar refractivity (Wildman–Crippen MR) is 190 cm³/mol. The number of amides is 2. The summed E-state index contributed by atoms with van der Waals surface area (Å²) in [6.45, 7) is 15.5. The largest absolute Gasteiger partial charge is 0.478 e. The van der Waals surface area contributed by atoms with Gasteiger partial charge in [-0.2, -0.15) is 0 Å². The zero-order chi connectivity index (χ0) is 35.0. The Kier molecular flexibility index (Phi) is 9.89. The van der Waals surface area contributed by atoms with Crippen LogP contribution >= 0.6 is 0 Å². The Bertz CT molecular complexity index is 1960. The van der Waals surface area contributed by atoms with E-state index in [9.17, 15) is 24.6 Å². The first kappa shape index (κ1) is 34.5. The molecule has 48 heavy (non-hydrogen) atoms. The third kappa shape index (κ3) is 5.38. The molecule has 5 aromatic carbocycles. The molecule has 0 aliphatic carbocycles. The first-order chi connectivity index (χ1) is 23.0. The Morgan fingerprint density at radius 3 is 1.19 bits per heavy atom. The zero-order valence-electron chi connectivity index (χ0n) is 28.5. The van der Waals surface area contributed by atoms with E-state index < -0.39 is 17.8 Å². The van der Waals surface area contributed by atoms with Gasteiger partial charge in [0, 0.05) is 21.9 Å². The van der Waals surface area contributed by atoms with Gasteiger partial charge in [0.1, 0.15) is 0 Å². The van der Waals surface area contributed by atoms with Crippen molar-refractivity contribution in [1.82, 2.24) is 14.7 Å². The maximum atomic E-state index is 15.2. The predicted octanol–water partition coefficient (Wildman–Crippen LogP) is 6.83. The van der Waals surface area contributed by atoms with Crippen LogP contribution in [0.3, 0.4) is 0 Å². The van der Waals surface area contributed by atoms with E-state index in [1.807, 2.05) is 11.0 Å².